The Morgan fingerprint density at radius 1 is 1.08 bits per heavy atom. The van der Waals surface area contributed by atoms with Crippen molar-refractivity contribution >= 4 is 23.1 Å². The predicted octanol–water partition coefficient (Wildman–Crippen LogP) is 3.43. The minimum atomic E-state index is 0.588. The summed E-state index contributed by atoms with van der Waals surface area (Å²) in [4.78, 5) is 11.2. The molecule has 0 atom stereocenters. The zero-order chi connectivity index (χ0) is 17.4. The summed E-state index contributed by atoms with van der Waals surface area (Å²) >= 11 is 0. The predicted molar refractivity (Wildman–Crippen MR) is 100 cm³/mol. The van der Waals surface area contributed by atoms with Crippen molar-refractivity contribution in [1.82, 2.24) is 9.97 Å². The molecule has 0 saturated carbocycles. The van der Waals surface area contributed by atoms with Gasteiger partial charge in [0.25, 0.3) is 0 Å². The lowest BCUT2D eigenvalue weighted by Gasteiger charge is -2.21. The molecule has 0 bridgehead atoms. The molecule has 0 aliphatic heterocycles. The number of benzene rings is 1. The molecule has 0 aliphatic carbocycles. The van der Waals surface area contributed by atoms with Crippen LogP contribution in [0.3, 0.4) is 0 Å². The van der Waals surface area contributed by atoms with Crippen LogP contribution in [-0.4, -0.2) is 43.3 Å². The second kappa shape index (κ2) is 9.08. The summed E-state index contributed by atoms with van der Waals surface area (Å²) in [5.41, 5.74) is 3.10. The number of nitrogens with zero attached hydrogens (tertiary/aromatic N) is 3. The van der Waals surface area contributed by atoms with E-state index in [4.69, 9.17) is 4.74 Å². The Labute approximate surface area is 144 Å². The van der Waals surface area contributed by atoms with Gasteiger partial charge in [-0.1, -0.05) is 0 Å². The molecule has 0 aliphatic rings. The van der Waals surface area contributed by atoms with Gasteiger partial charge in [-0.3, -0.25) is 0 Å². The van der Waals surface area contributed by atoms with Gasteiger partial charge in [-0.25, -0.2) is 4.98 Å². The van der Waals surface area contributed by atoms with E-state index in [1.807, 2.05) is 13.0 Å². The molecule has 24 heavy (non-hydrogen) atoms. The lowest BCUT2D eigenvalue weighted by atomic mass is 10.2. The van der Waals surface area contributed by atoms with E-state index >= 15 is 0 Å². The maximum absolute atomic E-state index is 5.04. The molecule has 2 N–H and O–H groups in total. The van der Waals surface area contributed by atoms with E-state index in [2.05, 4.69) is 63.6 Å². The van der Waals surface area contributed by atoms with E-state index in [0.29, 0.717) is 19.1 Å². The number of rotatable bonds is 9. The Balaban J connectivity index is 2.07. The number of aromatic nitrogens is 2. The van der Waals surface area contributed by atoms with Crippen molar-refractivity contribution in [3.05, 3.63) is 36.0 Å². The van der Waals surface area contributed by atoms with E-state index < -0.39 is 0 Å². The average molecular weight is 329 g/mol. The lowest BCUT2D eigenvalue weighted by Crippen LogP contribution is -2.21. The third kappa shape index (κ3) is 5.09. The molecular formula is C18H27N5O. The van der Waals surface area contributed by atoms with Gasteiger partial charge in [0, 0.05) is 49.9 Å². The first kappa shape index (κ1) is 18.0. The molecule has 0 spiro atoms. The Hall–Kier alpha value is -2.34. The van der Waals surface area contributed by atoms with Gasteiger partial charge in [-0.2, -0.15) is 4.98 Å². The Bertz CT molecular complexity index is 626. The van der Waals surface area contributed by atoms with Gasteiger partial charge in [-0.15, -0.1) is 0 Å². The molecule has 0 amide bonds. The molecule has 0 radical (unpaired) electrons. The third-order valence-corrected chi connectivity index (χ3v) is 3.72. The third-order valence-electron chi connectivity index (χ3n) is 3.72. The number of ether oxygens (including phenoxy) is 1. The van der Waals surface area contributed by atoms with E-state index in [1.165, 1.54) is 5.69 Å². The maximum atomic E-state index is 5.04. The number of nitrogens with one attached hydrogen (secondary N) is 2. The lowest BCUT2D eigenvalue weighted by molar-refractivity contribution is 0.210. The van der Waals surface area contributed by atoms with E-state index in [9.17, 15) is 0 Å². The van der Waals surface area contributed by atoms with E-state index in [1.54, 1.807) is 7.11 Å². The first-order chi connectivity index (χ1) is 11.7. The quantitative estimate of drug-likeness (QED) is 0.687. The fraction of sp³-hybridized carbons (Fsp3) is 0.444. The van der Waals surface area contributed by atoms with Crippen LogP contribution >= 0.6 is 0 Å². The molecule has 0 saturated heterocycles. The summed E-state index contributed by atoms with van der Waals surface area (Å²) < 4.78 is 5.04. The number of hydrogen-bond acceptors (Lipinski definition) is 6. The Kier molecular flexibility index (Phi) is 6.81. The van der Waals surface area contributed by atoms with Gasteiger partial charge in [0.2, 0.25) is 5.95 Å². The van der Waals surface area contributed by atoms with Crippen LogP contribution in [0.1, 0.15) is 19.5 Å². The molecule has 1 heterocycles. The van der Waals surface area contributed by atoms with Crippen LogP contribution in [-0.2, 0) is 4.74 Å². The fourth-order valence-electron chi connectivity index (χ4n) is 2.47. The summed E-state index contributed by atoms with van der Waals surface area (Å²) in [7, 11) is 1.68. The summed E-state index contributed by atoms with van der Waals surface area (Å²) in [5, 5.41) is 6.49. The summed E-state index contributed by atoms with van der Waals surface area (Å²) in [6.45, 7) is 9.63. The number of methoxy groups -OCH3 is 1. The van der Waals surface area contributed by atoms with E-state index in [0.717, 1.165) is 30.3 Å². The Morgan fingerprint density at radius 2 is 1.79 bits per heavy atom. The smallest absolute Gasteiger partial charge is 0.229 e. The topological polar surface area (TPSA) is 62.3 Å². The molecule has 6 heteroatoms. The van der Waals surface area contributed by atoms with Crippen molar-refractivity contribution in [3.8, 4) is 0 Å². The normalized spacial score (nSPS) is 10.5. The summed E-state index contributed by atoms with van der Waals surface area (Å²) in [5.74, 6) is 1.38. The van der Waals surface area contributed by atoms with Gasteiger partial charge in [0.15, 0.2) is 0 Å². The minimum Gasteiger partial charge on any atom is -0.383 e. The molecule has 1 aromatic carbocycles. The minimum absolute atomic E-state index is 0.588. The second-order valence-electron chi connectivity index (χ2n) is 5.48. The molecule has 6 nitrogen and oxygen atoms in total. The molecule has 130 valence electrons. The largest absolute Gasteiger partial charge is 0.383 e. The zero-order valence-electron chi connectivity index (χ0n) is 15.0. The molecule has 2 aromatic rings. The van der Waals surface area contributed by atoms with Crippen molar-refractivity contribution in [2.24, 2.45) is 0 Å². The summed E-state index contributed by atoms with van der Waals surface area (Å²) in [6.07, 6.45) is 0. The van der Waals surface area contributed by atoms with Crippen molar-refractivity contribution in [2.45, 2.75) is 20.8 Å². The van der Waals surface area contributed by atoms with Crippen molar-refractivity contribution in [1.29, 1.82) is 0 Å². The monoisotopic (exact) mass is 329 g/mol. The molecule has 1 aromatic heterocycles. The van der Waals surface area contributed by atoms with Crippen LogP contribution < -0.4 is 15.5 Å². The average Bonchev–Trinajstić information content (AvgIpc) is 2.57. The molecular weight excluding hydrogens is 302 g/mol. The van der Waals surface area contributed by atoms with Crippen LogP contribution in [0, 0.1) is 6.92 Å². The highest BCUT2D eigenvalue weighted by molar-refractivity contribution is 5.60. The summed E-state index contributed by atoms with van der Waals surface area (Å²) in [6, 6.07) is 10.3. The number of anilines is 4. The van der Waals surface area contributed by atoms with Gasteiger partial charge >= 0.3 is 0 Å². The zero-order valence-corrected chi connectivity index (χ0v) is 15.0. The standard InChI is InChI=1S/C18H27N5O/c1-5-23(6-2)16-9-7-15(8-10-16)21-18-20-14(3)13-17(22-18)19-11-12-24-4/h7-10,13H,5-6,11-12H2,1-4H3,(H2,19,20,21,22). The first-order valence-electron chi connectivity index (χ1n) is 8.36. The van der Waals surface area contributed by atoms with Crippen LogP contribution in [0.2, 0.25) is 0 Å². The van der Waals surface area contributed by atoms with Crippen LogP contribution in [0.15, 0.2) is 30.3 Å². The second-order valence-corrected chi connectivity index (χ2v) is 5.48. The van der Waals surface area contributed by atoms with Crippen LogP contribution in [0.4, 0.5) is 23.1 Å². The van der Waals surface area contributed by atoms with Crippen molar-refractivity contribution < 1.29 is 4.74 Å². The van der Waals surface area contributed by atoms with E-state index in [-0.39, 0.29) is 0 Å². The van der Waals surface area contributed by atoms with Gasteiger partial charge in [0.1, 0.15) is 5.82 Å². The Morgan fingerprint density at radius 3 is 2.42 bits per heavy atom. The highest BCUT2D eigenvalue weighted by Gasteiger charge is 2.05. The van der Waals surface area contributed by atoms with Gasteiger partial charge in [0.05, 0.1) is 6.61 Å². The highest BCUT2D eigenvalue weighted by Crippen LogP contribution is 2.20. The SMILES string of the molecule is CCN(CC)c1ccc(Nc2nc(C)cc(NCCOC)n2)cc1. The maximum Gasteiger partial charge on any atom is 0.229 e. The number of hydrogen-bond donors (Lipinski definition) is 2. The molecule has 2 rings (SSSR count). The van der Waals surface area contributed by atoms with Crippen LogP contribution in [0.5, 0.6) is 0 Å². The molecule has 0 fully saturated rings. The number of aryl methyl sites for hydroxylation is 1. The molecule has 0 unspecified atom stereocenters. The first-order valence-corrected chi connectivity index (χ1v) is 8.36. The van der Waals surface area contributed by atoms with Gasteiger partial charge < -0.3 is 20.3 Å². The van der Waals surface area contributed by atoms with Crippen LogP contribution in [0.25, 0.3) is 0 Å². The van der Waals surface area contributed by atoms with Crippen molar-refractivity contribution in [3.63, 3.8) is 0 Å². The highest BCUT2D eigenvalue weighted by atomic mass is 16.5. The van der Waals surface area contributed by atoms with Gasteiger partial charge in [-0.05, 0) is 45.0 Å². The fourth-order valence-corrected chi connectivity index (χ4v) is 2.47. The van der Waals surface area contributed by atoms with Crippen molar-refractivity contribution in [2.75, 3.05) is 48.9 Å².